The molecule has 0 radical (unpaired) electrons. The highest BCUT2D eigenvalue weighted by Crippen LogP contribution is 2.36. The quantitative estimate of drug-likeness (QED) is 0.842. The van der Waals surface area contributed by atoms with Crippen molar-refractivity contribution in [2.75, 3.05) is 18.5 Å². The summed E-state index contributed by atoms with van der Waals surface area (Å²) in [5.41, 5.74) is 0.850. The Bertz CT molecular complexity index is 329. The SMILES string of the molecule is CCCOc1c(Cl)cc(Cl)cc1NCC. The largest absolute Gasteiger partial charge is 0.490 e. The molecule has 0 aliphatic rings. The number of anilines is 1. The fourth-order valence-electron chi connectivity index (χ4n) is 1.23. The highest BCUT2D eigenvalue weighted by atomic mass is 35.5. The summed E-state index contributed by atoms with van der Waals surface area (Å²) in [6, 6.07) is 3.51. The molecule has 0 saturated heterocycles. The van der Waals surface area contributed by atoms with E-state index in [1.165, 1.54) is 0 Å². The predicted molar refractivity (Wildman–Crippen MR) is 66.4 cm³/mol. The first-order valence-corrected chi connectivity index (χ1v) is 5.80. The fraction of sp³-hybridized carbons (Fsp3) is 0.455. The van der Waals surface area contributed by atoms with Crippen molar-refractivity contribution >= 4 is 28.9 Å². The van der Waals surface area contributed by atoms with Gasteiger partial charge >= 0.3 is 0 Å². The van der Waals surface area contributed by atoms with Crippen molar-refractivity contribution < 1.29 is 4.74 Å². The zero-order valence-electron chi connectivity index (χ0n) is 8.94. The van der Waals surface area contributed by atoms with Gasteiger partial charge in [0, 0.05) is 11.6 Å². The second-order valence-corrected chi connectivity index (χ2v) is 3.99. The maximum Gasteiger partial charge on any atom is 0.161 e. The Morgan fingerprint density at radius 2 is 2.00 bits per heavy atom. The zero-order chi connectivity index (χ0) is 11.3. The molecule has 1 aromatic rings. The Morgan fingerprint density at radius 3 is 2.60 bits per heavy atom. The van der Waals surface area contributed by atoms with Crippen LogP contribution in [0.4, 0.5) is 5.69 Å². The van der Waals surface area contributed by atoms with Crippen molar-refractivity contribution in [1.82, 2.24) is 0 Å². The third kappa shape index (κ3) is 3.47. The van der Waals surface area contributed by atoms with Crippen molar-refractivity contribution in [3.05, 3.63) is 22.2 Å². The molecule has 0 aromatic heterocycles. The lowest BCUT2D eigenvalue weighted by atomic mass is 10.3. The Labute approximate surface area is 101 Å². The Kier molecular flexibility index (Phi) is 5.06. The number of ether oxygens (including phenoxy) is 1. The van der Waals surface area contributed by atoms with Crippen molar-refractivity contribution in [3.63, 3.8) is 0 Å². The van der Waals surface area contributed by atoms with Gasteiger partial charge in [-0.2, -0.15) is 0 Å². The van der Waals surface area contributed by atoms with E-state index in [9.17, 15) is 0 Å². The van der Waals surface area contributed by atoms with Crippen LogP contribution in [0.3, 0.4) is 0 Å². The molecule has 0 spiro atoms. The van der Waals surface area contributed by atoms with Crippen LogP contribution in [0.5, 0.6) is 5.75 Å². The summed E-state index contributed by atoms with van der Waals surface area (Å²) in [7, 11) is 0. The van der Waals surface area contributed by atoms with E-state index >= 15 is 0 Å². The summed E-state index contributed by atoms with van der Waals surface area (Å²) in [6.07, 6.45) is 0.949. The van der Waals surface area contributed by atoms with Crippen LogP contribution in [0.25, 0.3) is 0 Å². The first kappa shape index (κ1) is 12.5. The first-order chi connectivity index (χ1) is 7.19. The van der Waals surface area contributed by atoms with Gasteiger partial charge < -0.3 is 10.1 Å². The lowest BCUT2D eigenvalue weighted by Gasteiger charge is -2.13. The molecular formula is C11H15Cl2NO. The minimum atomic E-state index is 0.548. The molecule has 84 valence electrons. The molecule has 0 fully saturated rings. The van der Waals surface area contributed by atoms with Gasteiger partial charge in [0.1, 0.15) is 0 Å². The maximum atomic E-state index is 6.06. The molecule has 15 heavy (non-hydrogen) atoms. The number of nitrogens with one attached hydrogen (secondary N) is 1. The van der Waals surface area contributed by atoms with Gasteiger partial charge in [0.05, 0.1) is 17.3 Å². The van der Waals surface area contributed by atoms with E-state index in [2.05, 4.69) is 12.2 Å². The van der Waals surface area contributed by atoms with Crippen LogP contribution in [0.1, 0.15) is 20.3 Å². The third-order valence-corrected chi connectivity index (χ3v) is 2.33. The van der Waals surface area contributed by atoms with Gasteiger partial charge in [-0.05, 0) is 25.5 Å². The van der Waals surface area contributed by atoms with Gasteiger partial charge in [0.2, 0.25) is 0 Å². The molecule has 0 aliphatic carbocycles. The van der Waals surface area contributed by atoms with Crippen molar-refractivity contribution in [2.45, 2.75) is 20.3 Å². The summed E-state index contributed by atoms with van der Waals surface area (Å²) in [5.74, 6) is 0.685. The fourth-order valence-corrected chi connectivity index (χ4v) is 1.78. The van der Waals surface area contributed by atoms with E-state index in [-0.39, 0.29) is 0 Å². The van der Waals surface area contributed by atoms with E-state index in [0.717, 1.165) is 18.7 Å². The van der Waals surface area contributed by atoms with E-state index in [1.54, 1.807) is 6.07 Å². The van der Waals surface area contributed by atoms with Crippen molar-refractivity contribution in [1.29, 1.82) is 0 Å². The van der Waals surface area contributed by atoms with Gasteiger partial charge in [-0.3, -0.25) is 0 Å². The van der Waals surface area contributed by atoms with E-state index < -0.39 is 0 Å². The molecule has 0 aliphatic heterocycles. The van der Waals surface area contributed by atoms with Gasteiger partial charge in [-0.25, -0.2) is 0 Å². The molecule has 0 heterocycles. The Hall–Kier alpha value is -0.600. The van der Waals surface area contributed by atoms with Crippen molar-refractivity contribution in [2.24, 2.45) is 0 Å². The number of hydrogen-bond donors (Lipinski definition) is 1. The monoisotopic (exact) mass is 247 g/mol. The van der Waals surface area contributed by atoms with E-state index in [1.807, 2.05) is 13.0 Å². The molecule has 1 aromatic carbocycles. The van der Waals surface area contributed by atoms with Crippen LogP contribution >= 0.6 is 23.2 Å². The van der Waals surface area contributed by atoms with E-state index in [4.69, 9.17) is 27.9 Å². The van der Waals surface area contributed by atoms with Gasteiger partial charge in [0.25, 0.3) is 0 Å². The van der Waals surface area contributed by atoms with Crippen LogP contribution in [0.15, 0.2) is 12.1 Å². The van der Waals surface area contributed by atoms with Crippen LogP contribution in [-0.4, -0.2) is 13.2 Å². The van der Waals surface area contributed by atoms with Gasteiger partial charge in [0.15, 0.2) is 5.75 Å². The normalized spacial score (nSPS) is 10.1. The molecule has 2 nitrogen and oxygen atoms in total. The Balaban J connectivity index is 2.97. The molecular weight excluding hydrogens is 233 g/mol. The molecule has 0 unspecified atom stereocenters. The Morgan fingerprint density at radius 1 is 1.27 bits per heavy atom. The highest BCUT2D eigenvalue weighted by Gasteiger charge is 2.09. The maximum absolute atomic E-state index is 6.06. The zero-order valence-corrected chi connectivity index (χ0v) is 10.5. The molecule has 0 saturated carbocycles. The summed E-state index contributed by atoms with van der Waals surface area (Å²) < 4.78 is 5.57. The van der Waals surface area contributed by atoms with Crippen LogP contribution < -0.4 is 10.1 Å². The van der Waals surface area contributed by atoms with Crippen LogP contribution in [-0.2, 0) is 0 Å². The summed E-state index contributed by atoms with van der Waals surface area (Å²) in [5, 5.41) is 4.33. The summed E-state index contributed by atoms with van der Waals surface area (Å²) >= 11 is 12.0. The predicted octanol–water partition coefficient (Wildman–Crippen LogP) is 4.21. The lowest BCUT2D eigenvalue weighted by molar-refractivity contribution is 0.319. The minimum Gasteiger partial charge on any atom is -0.490 e. The summed E-state index contributed by atoms with van der Waals surface area (Å²) in [6.45, 7) is 5.52. The molecule has 0 amide bonds. The van der Waals surface area contributed by atoms with Crippen LogP contribution in [0.2, 0.25) is 10.0 Å². The number of benzene rings is 1. The van der Waals surface area contributed by atoms with Crippen LogP contribution in [0, 0.1) is 0 Å². The van der Waals surface area contributed by atoms with Gasteiger partial charge in [-0.1, -0.05) is 30.1 Å². The van der Waals surface area contributed by atoms with Gasteiger partial charge in [-0.15, -0.1) is 0 Å². The third-order valence-electron chi connectivity index (χ3n) is 1.83. The molecule has 0 bridgehead atoms. The second-order valence-electron chi connectivity index (χ2n) is 3.14. The number of halogens is 2. The first-order valence-electron chi connectivity index (χ1n) is 5.04. The molecule has 1 rings (SSSR count). The van der Waals surface area contributed by atoms with Crippen molar-refractivity contribution in [3.8, 4) is 5.75 Å². The summed E-state index contributed by atoms with van der Waals surface area (Å²) in [4.78, 5) is 0. The standard InChI is InChI=1S/C11H15Cl2NO/c1-3-5-15-11-9(13)6-8(12)7-10(11)14-4-2/h6-7,14H,3-5H2,1-2H3. The number of hydrogen-bond acceptors (Lipinski definition) is 2. The molecule has 1 N–H and O–H groups in total. The van der Waals surface area contributed by atoms with E-state index in [0.29, 0.717) is 22.4 Å². The number of rotatable bonds is 5. The average molecular weight is 248 g/mol. The second kappa shape index (κ2) is 6.09. The smallest absolute Gasteiger partial charge is 0.161 e. The lowest BCUT2D eigenvalue weighted by Crippen LogP contribution is -2.03. The minimum absolute atomic E-state index is 0.548. The average Bonchev–Trinajstić information content (AvgIpc) is 2.17. The molecule has 0 atom stereocenters. The molecule has 4 heteroatoms. The topological polar surface area (TPSA) is 21.3 Å². The highest BCUT2D eigenvalue weighted by molar-refractivity contribution is 6.36.